The van der Waals surface area contributed by atoms with Crippen molar-refractivity contribution in [3.05, 3.63) is 0 Å². The number of carbonyl (C=O) groups excluding carboxylic acids is 1. The van der Waals surface area contributed by atoms with Crippen LogP contribution in [0.1, 0.15) is 39.5 Å². The van der Waals surface area contributed by atoms with Crippen molar-refractivity contribution in [3.63, 3.8) is 0 Å². The van der Waals surface area contributed by atoms with E-state index in [0.29, 0.717) is 19.4 Å². The quantitative estimate of drug-likeness (QED) is 0.583. The molecule has 2 aliphatic rings. The van der Waals surface area contributed by atoms with Crippen LogP contribution in [0, 0.1) is 5.92 Å². The number of aliphatic hydroxyl groups is 1. The lowest BCUT2D eigenvalue weighted by Crippen LogP contribution is -2.35. The van der Waals surface area contributed by atoms with Gasteiger partial charge in [0.15, 0.2) is 0 Å². The monoisotopic (exact) mass is 186 g/mol. The zero-order valence-corrected chi connectivity index (χ0v) is 7.08. The van der Waals surface area contributed by atoms with Crippen molar-refractivity contribution in [1.29, 1.82) is 0 Å². The summed E-state index contributed by atoms with van der Waals surface area (Å²) in [6, 6.07) is 0. The Morgan fingerprint density at radius 3 is 3.00 bits per heavy atom. The Labute approximate surface area is 79.1 Å². The molecular formula is C10H18O3. The summed E-state index contributed by atoms with van der Waals surface area (Å²) in [5, 5.41) is 9.97. The van der Waals surface area contributed by atoms with Crippen molar-refractivity contribution in [2.24, 2.45) is 5.92 Å². The summed E-state index contributed by atoms with van der Waals surface area (Å²) in [4.78, 5) is 11.2. The van der Waals surface area contributed by atoms with E-state index in [4.69, 9.17) is 4.74 Å². The molecule has 2 unspecified atom stereocenters. The molecule has 0 spiro atoms. The average molecular weight is 186 g/mol. The summed E-state index contributed by atoms with van der Waals surface area (Å²) in [6.07, 6.45) is 3.92. The van der Waals surface area contributed by atoms with Gasteiger partial charge in [0.25, 0.3) is 0 Å². The molecule has 0 aromatic rings. The summed E-state index contributed by atoms with van der Waals surface area (Å²) < 4.78 is 4.98. The second-order valence-corrected chi connectivity index (χ2v) is 3.94. The van der Waals surface area contributed by atoms with Crippen LogP contribution in [0.2, 0.25) is 0 Å². The van der Waals surface area contributed by atoms with E-state index in [0.717, 1.165) is 19.3 Å². The van der Waals surface area contributed by atoms with Crippen molar-refractivity contribution < 1.29 is 14.6 Å². The molecule has 2 fully saturated rings. The molecule has 3 nitrogen and oxygen atoms in total. The minimum Gasteiger partial charge on any atom is -0.465 e. The Hall–Kier alpha value is -0.570. The molecule has 0 radical (unpaired) electrons. The molecule has 0 amide bonds. The van der Waals surface area contributed by atoms with Gasteiger partial charge < -0.3 is 9.84 Å². The van der Waals surface area contributed by atoms with E-state index in [1.165, 1.54) is 0 Å². The van der Waals surface area contributed by atoms with E-state index in [9.17, 15) is 9.90 Å². The van der Waals surface area contributed by atoms with Crippen molar-refractivity contribution in [2.45, 2.75) is 45.1 Å². The van der Waals surface area contributed by atoms with Crippen LogP contribution in [0.3, 0.4) is 0 Å². The molecule has 1 saturated heterocycles. The van der Waals surface area contributed by atoms with Crippen LogP contribution in [0.5, 0.6) is 0 Å². The Morgan fingerprint density at radius 2 is 2.23 bits per heavy atom. The van der Waals surface area contributed by atoms with Gasteiger partial charge in [-0.25, -0.2) is 0 Å². The predicted molar refractivity (Wildman–Crippen MR) is 49.2 cm³/mol. The number of carbonyl (C=O) groups is 1. The number of rotatable bonds is 0. The maximum absolute atomic E-state index is 11.2. The number of hydrogen-bond acceptors (Lipinski definition) is 3. The topological polar surface area (TPSA) is 46.5 Å². The Kier molecular flexibility index (Phi) is 2.96. The van der Waals surface area contributed by atoms with E-state index < -0.39 is 5.60 Å². The SMILES string of the molecule is C.O=C1OCCC2(O)CCCC1C2. The first-order chi connectivity index (χ1) is 5.70. The summed E-state index contributed by atoms with van der Waals surface area (Å²) in [6.45, 7) is 0.395. The minimum absolute atomic E-state index is 0. The number of ether oxygens (including phenoxy) is 1. The third-order valence-corrected chi connectivity index (χ3v) is 2.97. The van der Waals surface area contributed by atoms with E-state index >= 15 is 0 Å². The fourth-order valence-electron chi connectivity index (χ4n) is 2.23. The van der Waals surface area contributed by atoms with Gasteiger partial charge >= 0.3 is 5.97 Å². The van der Waals surface area contributed by atoms with Gasteiger partial charge in [0.2, 0.25) is 0 Å². The van der Waals surface area contributed by atoms with Gasteiger partial charge in [-0.15, -0.1) is 0 Å². The molecule has 13 heavy (non-hydrogen) atoms. The lowest BCUT2D eigenvalue weighted by atomic mass is 9.77. The van der Waals surface area contributed by atoms with Crippen molar-refractivity contribution in [2.75, 3.05) is 6.61 Å². The molecule has 1 aliphatic heterocycles. The first kappa shape index (κ1) is 10.5. The minimum atomic E-state index is -0.602. The molecule has 2 atom stereocenters. The molecule has 1 N–H and O–H groups in total. The fourth-order valence-corrected chi connectivity index (χ4v) is 2.23. The lowest BCUT2D eigenvalue weighted by Gasteiger charge is -2.32. The zero-order chi connectivity index (χ0) is 8.60. The van der Waals surface area contributed by atoms with Crippen molar-refractivity contribution >= 4 is 5.97 Å². The van der Waals surface area contributed by atoms with Crippen LogP contribution in [-0.4, -0.2) is 23.3 Å². The van der Waals surface area contributed by atoms with E-state index in [2.05, 4.69) is 0 Å². The smallest absolute Gasteiger partial charge is 0.309 e. The van der Waals surface area contributed by atoms with Gasteiger partial charge in [0.1, 0.15) is 0 Å². The second-order valence-electron chi connectivity index (χ2n) is 3.94. The number of esters is 1. The highest BCUT2D eigenvalue weighted by Gasteiger charge is 2.40. The molecule has 1 aliphatic carbocycles. The lowest BCUT2D eigenvalue weighted by molar-refractivity contribution is -0.148. The molecule has 2 bridgehead atoms. The standard InChI is InChI=1S/C9H14O3.CH4/c10-8-7-2-1-3-9(11,6-7)4-5-12-8;/h7,11H,1-6H2;1H4. The van der Waals surface area contributed by atoms with Crippen LogP contribution in [0.15, 0.2) is 0 Å². The van der Waals surface area contributed by atoms with E-state index in [-0.39, 0.29) is 19.3 Å². The highest BCUT2D eigenvalue weighted by atomic mass is 16.5. The zero-order valence-electron chi connectivity index (χ0n) is 7.08. The van der Waals surface area contributed by atoms with Gasteiger partial charge in [0, 0.05) is 6.42 Å². The van der Waals surface area contributed by atoms with Crippen LogP contribution < -0.4 is 0 Å². The van der Waals surface area contributed by atoms with E-state index in [1.54, 1.807) is 0 Å². The van der Waals surface area contributed by atoms with Gasteiger partial charge in [-0.3, -0.25) is 4.79 Å². The van der Waals surface area contributed by atoms with Crippen LogP contribution >= 0.6 is 0 Å². The van der Waals surface area contributed by atoms with Crippen LogP contribution in [-0.2, 0) is 9.53 Å². The molecule has 0 aromatic carbocycles. The largest absolute Gasteiger partial charge is 0.465 e. The number of hydrogen-bond donors (Lipinski definition) is 1. The predicted octanol–water partition coefficient (Wildman–Crippen LogP) is 1.49. The molecule has 76 valence electrons. The average Bonchev–Trinajstić information content (AvgIpc) is 2.11. The normalized spacial score (nSPS) is 38.5. The maximum Gasteiger partial charge on any atom is 0.309 e. The fraction of sp³-hybridized carbons (Fsp3) is 0.900. The summed E-state index contributed by atoms with van der Waals surface area (Å²) in [5.41, 5.74) is -0.602. The van der Waals surface area contributed by atoms with Gasteiger partial charge in [0.05, 0.1) is 18.1 Å². The van der Waals surface area contributed by atoms with Crippen molar-refractivity contribution in [1.82, 2.24) is 0 Å². The third kappa shape index (κ3) is 2.02. The summed E-state index contributed by atoms with van der Waals surface area (Å²) in [5.74, 6) is -0.142. The Balaban J connectivity index is 0.000000845. The second kappa shape index (κ2) is 3.66. The highest BCUT2D eigenvalue weighted by molar-refractivity contribution is 5.73. The van der Waals surface area contributed by atoms with Crippen LogP contribution in [0.4, 0.5) is 0 Å². The van der Waals surface area contributed by atoms with Crippen molar-refractivity contribution in [3.8, 4) is 0 Å². The molecular weight excluding hydrogens is 168 g/mol. The Morgan fingerprint density at radius 1 is 1.46 bits per heavy atom. The third-order valence-electron chi connectivity index (χ3n) is 2.97. The molecule has 1 saturated carbocycles. The molecule has 3 heteroatoms. The summed E-state index contributed by atoms with van der Waals surface area (Å²) >= 11 is 0. The first-order valence-electron chi connectivity index (χ1n) is 4.59. The van der Waals surface area contributed by atoms with E-state index in [1.807, 2.05) is 0 Å². The number of fused-ring (bicyclic) bond motifs is 2. The van der Waals surface area contributed by atoms with Gasteiger partial charge in [-0.05, 0) is 25.7 Å². The van der Waals surface area contributed by atoms with Crippen LogP contribution in [0.25, 0.3) is 0 Å². The summed E-state index contributed by atoms with van der Waals surface area (Å²) in [7, 11) is 0. The Bertz CT molecular complexity index is 202. The van der Waals surface area contributed by atoms with Gasteiger partial charge in [-0.2, -0.15) is 0 Å². The highest BCUT2D eigenvalue weighted by Crippen LogP contribution is 2.37. The maximum atomic E-state index is 11.2. The molecule has 0 aromatic heterocycles. The molecule has 2 rings (SSSR count). The first-order valence-corrected chi connectivity index (χ1v) is 4.59. The van der Waals surface area contributed by atoms with Gasteiger partial charge in [-0.1, -0.05) is 7.43 Å². The molecule has 1 heterocycles. The number of cyclic esters (lactones) is 1.